The molecule has 3 aromatic carbocycles. The van der Waals surface area contributed by atoms with Crippen molar-refractivity contribution in [2.75, 3.05) is 42.2 Å². The van der Waals surface area contributed by atoms with E-state index in [1.165, 1.54) is 35.5 Å². The van der Waals surface area contributed by atoms with Crippen LogP contribution in [0.2, 0.25) is 0 Å². The Morgan fingerprint density at radius 3 is 1.66 bits per heavy atom. The fraction of sp³-hybridized carbons (Fsp3) is 0.320. The monoisotopic (exact) mass is 483 g/mol. The van der Waals surface area contributed by atoms with Crippen LogP contribution in [0.4, 0.5) is 0 Å². The van der Waals surface area contributed by atoms with Crippen molar-refractivity contribution in [1.82, 2.24) is 0 Å². The van der Waals surface area contributed by atoms with Gasteiger partial charge in [0, 0.05) is 33.0 Å². The number of rotatable bonds is 9. The van der Waals surface area contributed by atoms with Gasteiger partial charge in [0.1, 0.15) is 5.56 Å². The van der Waals surface area contributed by atoms with Crippen LogP contribution in [-0.4, -0.2) is 54.1 Å². The third kappa shape index (κ3) is 4.94. The highest BCUT2D eigenvalue weighted by atomic mass is 16.5. The van der Waals surface area contributed by atoms with E-state index in [4.69, 9.17) is 23.7 Å². The van der Waals surface area contributed by atoms with Crippen LogP contribution in [0.5, 0.6) is 23.0 Å². The molecule has 0 saturated heterocycles. The van der Waals surface area contributed by atoms with E-state index >= 15 is 0 Å². The van der Waals surface area contributed by atoms with Crippen molar-refractivity contribution in [3.63, 3.8) is 0 Å². The zero-order chi connectivity index (χ0) is 25.5. The molecule has 35 heavy (non-hydrogen) atoms. The van der Waals surface area contributed by atoms with Crippen molar-refractivity contribution in [3.05, 3.63) is 45.6 Å². The summed E-state index contributed by atoms with van der Waals surface area (Å²) in [6.07, 6.45) is 0.395. The first-order valence-corrected chi connectivity index (χ1v) is 10.5. The number of benzene rings is 3. The summed E-state index contributed by atoms with van der Waals surface area (Å²) in [6.45, 7) is -0.00655. The average Bonchev–Trinajstić information content (AvgIpc) is 2.89. The molecule has 0 N–H and O–H groups in total. The Bertz CT molecular complexity index is 1270. The number of fused-ring (bicyclic) bond motifs is 2. The maximum atomic E-state index is 13.4. The Morgan fingerprint density at radius 2 is 1.26 bits per heavy atom. The fourth-order valence-electron chi connectivity index (χ4n) is 3.82. The van der Waals surface area contributed by atoms with Gasteiger partial charge in [0.05, 0.1) is 47.7 Å². The lowest BCUT2D eigenvalue weighted by molar-refractivity contribution is -0.140. The Kier molecular flexibility index (Phi) is 8.04. The Hall–Kier alpha value is -4.39. The molecule has 0 aromatic heterocycles. The van der Waals surface area contributed by atoms with Gasteiger partial charge in [-0.15, -0.1) is 0 Å². The van der Waals surface area contributed by atoms with Crippen molar-refractivity contribution in [3.8, 4) is 29.1 Å². The maximum Gasteiger partial charge on any atom is 0.339 e. The van der Waals surface area contributed by atoms with E-state index in [-0.39, 0.29) is 25.0 Å². The second-order valence-corrected chi connectivity index (χ2v) is 7.27. The number of methoxy groups -OCH3 is 5. The number of esters is 2. The number of hydrogen-bond acceptors (Lipinski definition) is 9. The molecule has 3 rings (SSSR count). The van der Waals surface area contributed by atoms with Crippen LogP contribution < -0.4 is 18.9 Å². The quantitative estimate of drug-likeness (QED) is 0.190. The molecule has 184 valence electrons. The van der Waals surface area contributed by atoms with Crippen LogP contribution in [0.25, 0.3) is 26.6 Å². The topological polar surface area (TPSA) is 117 Å². The predicted octanol–water partition coefficient (Wildman–Crippen LogP) is 4.32. The minimum Gasteiger partial charge on any atom is -0.498 e. The van der Waals surface area contributed by atoms with Gasteiger partial charge in [0.15, 0.2) is 23.0 Å². The lowest BCUT2D eigenvalue weighted by Crippen LogP contribution is -2.11. The van der Waals surface area contributed by atoms with Gasteiger partial charge < -0.3 is 33.6 Å². The molecule has 0 spiro atoms. The summed E-state index contributed by atoms with van der Waals surface area (Å²) in [5.74, 6) is 0.448. The van der Waals surface area contributed by atoms with Gasteiger partial charge in [-0.2, -0.15) is 0 Å². The summed E-state index contributed by atoms with van der Waals surface area (Å²) in [6, 6.07) is 8.98. The zero-order valence-electron chi connectivity index (χ0n) is 20.1. The fourth-order valence-corrected chi connectivity index (χ4v) is 3.82. The lowest BCUT2D eigenvalue weighted by atomic mass is 9.91. The van der Waals surface area contributed by atoms with E-state index in [2.05, 4.69) is 15.8 Å². The largest absolute Gasteiger partial charge is 0.498 e. The van der Waals surface area contributed by atoms with E-state index in [0.717, 1.165) is 0 Å². The first kappa shape index (κ1) is 25.2. The van der Waals surface area contributed by atoms with Gasteiger partial charge in [0.25, 0.3) is 0 Å². The first-order chi connectivity index (χ1) is 16.9. The molecule has 0 aliphatic rings. The van der Waals surface area contributed by atoms with Crippen molar-refractivity contribution in [1.29, 1.82) is 0 Å². The highest BCUT2D eigenvalue weighted by molar-refractivity contribution is 6.20. The molecular weight excluding hydrogens is 458 g/mol. The number of hydrogen-bond donors (Lipinski definition) is 0. The van der Waals surface area contributed by atoms with E-state index < -0.39 is 11.9 Å². The number of carbonyl (C=O) groups is 2. The van der Waals surface area contributed by atoms with E-state index in [9.17, 15) is 14.8 Å². The van der Waals surface area contributed by atoms with Gasteiger partial charge in [-0.3, -0.25) is 4.79 Å². The average molecular weight is 483 g/mol. The van der Waals surface area contributed by atoms with Crippen molar-refractivity contribution in [2.24, 2.45) is 0 Å². The summed E-state index contributed by atoms with van der Waals surface area (Å²) >= 11 is 0. The molecule has 0 bridgehead atoms. The third-order valence-corrected chi connectivity index (χ3v) is 5.47. The second kappa shape index (κ2) is 11.2. The van der Waals surface area contributed by atoms with Crippen LogP contribution >= 0.6 is 0 Å². The normalized spacial score (nSPS) is 10.3. The molecule has 0 aliphatic carbocycles. The number of nitrogens with zero attached hydrogens (tertiary/aromatic N) is 1. The third-order valence-electron chi connectivity index (χ3n) is 5.47. The Balaban J connectivity index is 2.34. The van der Waals surface area contributed by atoms with E-state index in [0.29, 0.717) is 50.1 Å². The lowest BCUT2D eigenvalue weighted by Gasteiger charge is -2.17. The van der Waals surface area contributed by atoms with Crippen LogP contribution in [0.1, 0.15) is 28.8 Å². The van der Waals surface area contributed by atoms with Crippen molar-refractivity contribution >= 4 is 33.5 Å². The summed E-state index contributed by atoms with van der Waals surface area (Å²) in [5.41, 5.74) is 0.528. The molecule has 0 amide bonds. The minimum atomic E-state index is -0.644. The predicted molar refractivity (Wildman–Crippen MR) is 129 cm³/mol. The maximum absolute atomic E-state index is 13.4. The summed E-state index contributed by atoms with van der Waals surface area (Å²) in [4.78, 5) is 24.8. The molecule has 0 fully saturated rings. The molecule has 0 saturated carbocycles. The van der Waals surface area contributed by atoms with Crippen LogP contribution in [0.3, 0.4) is 0 Å². The van der Waals surface area contributed by atoms with Crippen LogP contribution in [0.15, 0.2) is 24.3 Å². The van der Waals surface area contributed by atoms with E-state index in [1.54, 1.807) is 24.3 Å². The van der Waals surface area contributed by atoms with Gasteiger partial charge >= 0.3 is 18.0 Å². The van der Waals surface area contributed by atoms with Crippen LogP contribution in [-0.2, 0) is 14.3 Å². The molecule has 3 aromatic rings. The number of ether oxygens (including phenoxy) is 6. The molecule has 0 unspecified atom stereocenters. The van der Waals surface area contributed by atoms with Gasteiger partial charge in [-0.25, -0.2) is 4.79 Å². The van der Waals surface area contributed by atoms with Crippen molar-refractivity contribution < 1.29 is 38.0 Å². The molecule has 10 nitrogen and oxygen atoms in total. The highest BCUT2D eigenvalue weighted by Crippen LogP contribution is 2.43. The molecule has 0 atom stereocenters. The van der Waals surface area contributed by atoms with Gasteiger partial charge in [-0.05, 0) is 30.7 Å². The smallest absolute Gasteiger partial charge is 0.339 e. The summed E-state index contributed by atoms with van der Waals surface area (Å²) < 4.78 is 31.8. The van der Waals surface area contributed by atoms with Crippen molar-refractivity contribution in [2.45, 2.75) is 12.8 Å². The second-order valence-electron chi connectivity index (χ2n) is 7.27. The molecule has 0 radical (unpaired) electrons. The highest BCUT2D eigenvalue weighted by Gasteiger charge is 2.25. The number of carbonyl (C=O) groups excluding carboxylic acids is 2. The molecule has 0 aliphatic heterocycles. The van der Waals surface area contributed by atoms with Crippen LogP contribution in [0, 0.1) is 11.3 Å². The Labute approximate surface area is 201 Å². The zero-order valence-corrected chi connectivity index (χ0v) is 20.1. The summed E-state index contributed by atoms with van der Waals surface area (Å²) in [7, 11) is 7.17. The molecular formula is C25H25NO9. The summed E-state index contributed by atoms with van der Waals surface area (Å²) in [5, 5.41) is 15.9. The standard InChI is InChI=1S/C25H25NO9/c1-30-19-9-14-16(11-21(19)32-3)24(25(28)35-8-6-7-23(27)34-5)17-12-22(33-4)20(31-2)10-15(17)18(14)13-26-29/h9-12H,6-8H2,1-5H3. The SMILES string of the molecule is COC(=O)CCCOC(=O)c1c2cc(OC)c(OC)cc2c(C#[N+][O-])c2cc(OC)c(OC)cc12. The van der Waals surface area contributed by atoms with Gasteiger partial charge in [0.2, 0.25) is 0 Å². The molecule has 0 heterocycles. The van der Waals surface area contributed by atoms with E-state index in [1.807, 2.05) is 0 Å². The van der Waals surface area contributed by atoms with Gasteiger partial charge in [-0.1, -0.05) is 0 Å². The molecule has 10 heteroatoms. The Morgan fingerprint density at radius 1 is 0.800 bits per heavy atom. The minimum absolute atomic E-state index is 0.00655. The first-order valence-electron chi connectivity index (χ1n) is 10.5.